The van der Waals surface area contributed by atoms with Crippen molar-refractivity contribution in [2.75, 3.05) is 18.4 Å². The number of amides is 2. The minimum absolute atomic E-state index is 0.0722. The number of nitrogens with two attached hydrogens (primary N) is 1. The second-order valence-electron chi connectivity index (χ2n) is 7.01. The van der Waals surface area contributed by atoms with E-state index in [2.05, 4.69) is 10.0 Å². The zero-order valence-corrected chi connectivity index (χ0v) is 19.6. The first kappa shape index (κ1) is 24.1. The van der Waals surface area contributed by atoms with Crippen molar-refractivity contribution in [1.82, 2.24) is 5.32 Å². The molecule has 9 nitrogen and oxygen atoms in total. The fraction of sp³-hybridized carbons (Fsp3) is 0.182. The smallest absolute Gasteiger partial charge is 0.263 e. The van der Waals surface area contributed by atoms with E-state index in [1.807, 2.05) is 6.92 Å². The van der Waals surface area contributed by atoms with Crippen LogP contribution in [-0.2, 0) is 21.4 Å². The summed E-state index contributed by atoms with van der Waals surface area (Å²) in [5.41, 5.74) is 7.17. The maximum Gasteiger partial charge on any atom is 0.263 e. The second kappa shape index (κ2) is 10.4. The molecule has 3 rings (SSSR count). The average Bonchev–Trinajstić information content (AvgIpc) is 3.29. The summed E-state index contributed by atoms with van der Waals surface area (Å²) in [5, 5.41) is 4.26. The van der Waals surface area contributed by atoms with Crippen molar-refractivity contribution >= 4 is 38.9 Å². The molecule has 0 atom stereocenters. The molecule has 0 aliphatic rings. The molecule has 1 aromatic heterocycles. The molecule has 0 unspecified atom stereocenters. The highest BCUT2D eigenvalue weighted by atomic mass is 32.2. The van der Waals surface area contributed by atoms with E-state index in [1.165, 1.54) is 13.2 Å². The maximum absolute atomic E-state index is 12.8. The predicted molar refractivity (Wildman–Crippen MR) is 125 cm³/mol. The first-order valence-corrected chi connectivity index (χ1v) is 12.1. The average molecular weight is 490 g/mol. The van der Waals surface area contributed by atoms with Crippen molar-refractivity contribution in [3.63, 3.8) is 0 Å². The van der Waals surface area contributed by atoms with Gasteiger partial charge in [-0.15, -0.1) is 11.3 Å². The highest BCUT2D eigenvalue weighted by molar-refractivity contribution is 7.93. The molecule has 0 spiro atoms. The van der Waals surface area contributed by atoms with Crippen molar-refractivity contribution in [3.05, 3.63) is 69.9 Å². The molecule has 2 aromatic carbocycles. The van der Waals surface area contributed by atoms with Crippen LogP contribution < -0.4 is 25.2 Å². The largest absolute Gasteiger partial charge is 0.493 e. The standard InChI is InChI=1S/C22H23N3O6S2/c1-14-3-6-16(7-4-14)25-33(28,29)19-9-10-32-21(19)22(27)24-12-15-5-8-17(18(11-15)30-2)31-13-20(23)26/h3-11,25H,12-13H2,1-2H3,(H2,23,26)(H,24,27). The number of carbonyl (C=O) groups is 2. The normalized spacial score (nSPS) is 11.0. The Morgan fingerprint density at radius 3 is 2.45 bits per heavy atom. The minimum atomic E-state index is -3.95. The molecule has 1 heterocycles. The number of primary amides is 1. The molecule has 174 valence electrons. The Balaban J connectivity index is 1.70. The number of aryl methyl sites for hydroxylation is 1. The predicted octanol–water partition coefficient (Wildman–Crippen LogP) is 2.66. The van der Waals surface area contributed by atoms with Gasteiger partial charge in [-0.1, -0.05) is 23.8 Å². The summed E-state index contributed by atoms with van der Waals surface area (Å²) in [6, 6.07) is 13.2. The lowest BCUT2D eigenvalue weighted by atomic mass is 10.2. The van der Waals surface area contributed by atoms with Gasteiger partial charge in [0, 0.05) is 12.2 Å². The van der Waals surface area contributed by atoms with E-state index in [1.54, 1.807) is 47.8 Å². The maximum atomic E-state index is 12.8. The fourth-order valence-corrected chi connectivity index (χ4v) is 5.26. The molecule has 0 bridgehead atoms. The van der Waals surface area contributed by atoms with E-state index < -0.39 is 21.8 Å². The molecule has 3 aromatic rings. The number of thiophene rings is 1. The number of anilines is 1. The number of rotatable bonds is 10. The van der Waals surface area contributed by atoms with Gasteiger partial charge in [-0.3, -0.25) is 14.3 Å². The molecule has 0 saturated heterocycles. The van der Waals surface area contributed by atoms with E-state index >= 15 is 0 Å². The van der Waals surface area contributed by atoms with Gasteiger partial charge >= 0.3 is 0 Å². The van der Waals surface area contributed by atoms with Crippen molar-refractivity contribution in [2.45, 2.75) is 18.4 Å². The Morgan fingerprint density at radius 2 is 1.79 bits per heavy atom. The van der Waals surface area contributed by atoms with Crippen molar-refractivity contribution in [3.8, 4) is 11.5 Å². The molecule has 0 fully saturated rings. The summed E-state index contributed by atoms with van der Waals surface area (Å²) >= 11 is 1.03. The number of nitrogens with one attached hydrogen (secondary N) is 2. The van der Waals surface area contributed by atoms with Gasteiger partial charge in [0.15, 0.2) is 18.1 Å². The van der Waals surface area contributed by atoms with Crippen LogP contribution in [0.5, 0.6) is 11.5 Å². The summed E-state index contributed by atoms with van der Waals surface area (Å²) in [4.78, 5) is 23.6. The first-order chi connectivity index (χ1) is 15.7. The summed E-state index contributed by atoms with van der Waals surface area (Å²) < 4.78 is 38.7. The number of hydrogen-bond donors (Lipinski definition) is 3. The van der Waals surface area contributed by atoms with Gasteiger partial charge in [-0.2, -0.15) is 0 Å². The van der Waals surface area contributed by atoms with Gasteiger partial charge in [0.1, 0.15) is 9.77 Å². The van der Waals surface area contributed by atoms with Crippen molar-refractivity contribution in [1.29, 1.82) is 0 Å². The molecular weight excluding hydrogens is 466 g/mol. The Morgan fingerprint density at radius 1 is 1.06 bits per heavy atom. The number of carbonyl (C=O) groups excluding carboxylic acids is 2. The Labute approximate surface area is 195 Å². The van der Waals surface area contributed by atoms with Gasteiger partial charge in [0.25, 0.3) is 21.8 Å². The third kappa shape index (κ3) is 6.24. The quantitative estimate of drug-likeness (QED) is 0.400. The molecule has 0 saturated carbocycles. The first-order valence-electron chi connectivity index (χ1n) is 9.73. The SMILES string of the molecule is COc1cc(CNC(=O)c2sccc2S(=O)(=O)Nc2ccc(C)cc2)ccc1OCC(N)=O. The molecule has 0 aliphatic heterocycles. The molecule has 0 aliphatic carbocycles. The molecule has 4 N–H and O–H groups in total. The lowest BCUT2D eigenvalue weighted by molar-refractivity contribution is -0.119. The zero-order valence-electron chi connectivity index (χ0n) is 18.0. The molecule has 2 amide bonds. The topological polar surface area (TPSA) is 137 Å². The second-order valence-corrected chi connectivity index (χ2v) is 9.58. The fourth-order valence-electron chi connectivity index (χ4n) is 2.86. The van der Waals surface area contributed by atoms with Crippen LogP contribution in [0.4, 0.5) is 5.69 Å². The third-order valence-corrected chi connectivity index (χ3v) is 6.95. The van der Waals surface area contributed by atoms with Gasteiger partial charge in [0.05, 0.1) is 7.11 Å². The van der Waals surface area contributed by atoms with Crippen LogP contribution >= 0.6 is 11.3 Å². The van der Waals surface area contributed by atoms with Crippen LogP contribution in [0, 0.1) is 6.92 Å². The lowest BCUT2D eigenvalue weighted by Crippen LogP contribution is -2.24. The summed E-state index contributed by atoms with van der Waals surface area (Å²) in [5.74, 6) is -0.445. The summed E-state index contributed by atoms with van der Waals surface area (Å²) in [7, 11) is -2.50. The van der Waals surface area contributed by atoms with Crippen LogP contribution in [-0.4, -0.2) is 33.9 Å². The summed E-state index contributed by atoms with van der Waals surface area (Å²) in [6.45, 7) is 1.73. The van der Waals surface area contributed by atoms with E-state index in [0.29, 0.717) is 22.7 Å². The number of sulfonamides is 1. The Bertz CT molecular complexity index is 1250. The monoisotopic (exact) mass is 489 g/mol. The van der Waals surface area contributed by atoms with Crippen LogP contribution in [0.1, 0.15) is 20.8 Å². The van der Waals surface area contributed by atoms with Crippen molar-refractivity contribution < 1.29 is 27.5 Å². The molecule has 33 heavy (non-hydrogen) atoms. The molecular formula is C22H23N3O6S2. The third-order valence-electron chi connectivity index (χ3n) is 4.48. The zero-order chi connectivity index (χ0) is 24.0. The van der Waals surface area contributed by atoms with Crippen LogP contribution in [0.25, 0.3) is 0 Å². The van der Waals surface area contributed by atoms with E-state index in [9.17, 15) is 18.0 Å². The van der Waals surface area contributed by atoms with Crippen LogP contribution in [0.15, 0.2) is 58.8 Å². The Kier molecular flexibility index (Phi) is 7.56. The minimum Gasteiger partial charge on any atom is -0.493 e. The van der Waals surface area contributed by atoms with Crippen molar-refractivity contribution in [2.24, 2.45) is 5.73 Å². The number of ether oxygens (including phenoxy) is 2. The van der Waals surface area contributed by atoms with Gasteiger partial charge in [0.2, 0.25) is 0 Å². The Hall–Kier alpha value is -3.57. The number of methoxy groups -OCH3 is 1. The van der Waals surface area contributed by atoms with Crippen LogP contribution in [0.3, 0.4) is 0 Å². The molecule has 0 radical (unpaired) electrons. The highest BCUT2D eigenvalue weighted by Crippen LogP contribution is 2.28. The number of hydrogen-bond acceptors (Lipinski definition) is 7. The van der Waals surface area contributed by atoms with Gasteiger partial charge in [-0.25, -0.2) is 8.42 Å². The van der Waals surface area contributed by atoms with E-state index in [-0.39, 0.29) is 22.9 Å². The number of benzene rings is 2. The van der Waals surface area contributed by atoms with Gasteiger partial charge < -0.3 is 20.5 Å². The summed E-state index contributed by atoms with van der Waals surface area (Å²) in [6.07, 6.45) is 0. The lowest BCUT2D eigenvalue weighted by Gasteiger charge is -2.12. The van der Waals surface area contributed by atoms with Gasteiger partial charge in [-0.05, 0) is 48.2 Å². The highest BCUT2D eigenvalue weighted by Gasteiger charge is 2.24. The van der Waals surface area contributed by atoms with E-state index in [4.69, 9.17) is 15.2 Å². The van der Waals surface area contributed by atoms with E-state index in [0.717, 1.165) is 16.9 Å². The van der Waals surface area contributed by atoms with Crippen LogP contribution in [0.2, 0.25) is 0 Å². The molecule has 11 heteroatoms.